The summed E-state index contributed by atoms with van der Waals surface area (Å²) >= 11 is 3.46. The molecule has 1 aromatic carbocycles. The minimum atomic E-state index is 0.273. The number of methoxy groups -OCH3 is 1. The summed E-state index contributed by atoms with van der Waals surface area (Å²) < 4.78 is 6.56. The minimum Gasteiger partial charge on any atom is -0.496 e. The maximum Gasteiger partial charge on any atom is 0.149 e. The van der Waals surface area contributed by atoms with Crippen molar-refractivity contribution in [1.82, 2.24) is 10.3 Å². The summed E-state index contributed by atoms with van der Waals surface area (Å²) in [4.78, 5) is 4.31. The van der Waals surface area contributed by atoms with Crippen LogP contribution in [0.2, 0.25) is 0 Å². The lowest BCUT2D eigenvalue weighted by atomic mass is 10.1. The number of thioether (sulfide) groups is 1. The van der Waals surface area contributed by atoms with E-state index in [0.29, 0.717) is 0 Å². The van der Waals surface area contributed by atoms with Gasteiger partial charge in [0, 0.05) is 28.9 Å². The first-order valence-corrected chi connectivity index (χ1v) is 8.10. The standard InChI is InChI=1S/C14H18N2OS2/c1-3-15-12(10-19-14-16-8-9-18-14)11-6-4-5-7-13(11)17-2/h4-9,12,15H,3,10H2,1-2H3. The zero-order valence-corrected chi connectivity index (χ0v) is 12.8. The molecule has 0 bridgehead atoms. The molecule has 0 aliphatic rings. The Hall–Kier alpha value is -1.04. The molecule has 19 heavy (non-hydrogen) atoms. The van der Waals surface area contributed by atoms with Gasteiger partial charge in [-0.25, -0.2) is 4.98 Å². The van der Waals surface area contributed by atoms with Crippen LogP contribution in [0.3, 0.4) is 0 Å². The number of nitrogens with one attached hydrogen (secondary N) is 1. The van der Waals surface area contributed by atoms with Crippen LogP contribution in [0.25, 0.3) is 0 Å². The highest BCUT2D eigenvalue weighted by atomic mass is 32.2. The molecule has 2 aromatic rings. The number of benzene rings is 1. The molecule has 0 radical (unpaired) electrons. The largest absolute Gasteiger partial charge is 0.496 e. The SMILES string of the molecule is CCNC(CSc1nccs1)c1ccccc1OC. The van der Waals surface area contributed by atoms with Crippen molar-refractivity contribution in [2.24, 2.45) is 0 Å². The molecular formula is C14H18N2OS2. The van der Waals surface area contributed by atoms with Gasteiger partial charge in [-0.05, 0) is 12.6 Å². The van der Waals surface area contributed by atoms with Crippen molar-refractivity contribution in [1.29, 1.82) is 0 Å². The van der Waals surface area contributed by atoms with E-state index in [2.05, 4.69) is 29.4 Å². The van der Waals surface area contributed by atoms with Crippen LogP contribution in [-0.2, 0) is 0 Å². The predicted molar refractivity (Wildman–Crippen MR) is 82.2 cm³/mol. The first kappa shape index (κ1) is 14.4. The fourth-order valence-electron chi connectivity index (χ4n) is 1.90. The van der Waals surface area contributed by atoms with Gasteiger partial charge in [-0.1, -0.05) is 36.9 Å². The molecule has 1 aromatic heterocycles. The second kappa shape index (κ2) is 7.53. The Kier molecular flexibility index (Phi) is 5.69. The highest BCUT2D eigenvalue weighted by Crippen LogP contribution is 2.30. The van der Waals surface area contributed by atoms with Crippen molar-refractivity contribution in [2.75, 3.05) is 19.4 Å². The lowest BCUT2D eigenvalue weighted by molar-refractivity contribution is 0.403. The summed E-state index contributed by atoms with van der Waals surface area (Å²) in [5.74, 6) is 1.88. The highest BCUT2D eigenvalue weighted by molar-refractivity contribution is 8.01. The van der Waals surface area contributed by atoms with Crippen LogP contribution in [0.1, 0.15) is 18.5 Å². The monoisotopic (exact) mass is 294 g/mol. The van der Waals surface area contributed by atoms with Gasteiger partial charge in [0.2, 0.25) is 0 Å². The van der Waals surface area contributed by atoms with Gasteiger partial charge in [-0.3, -0.25) is 0 Å². The van der Waals surface area contributed by atoms with Crippen LogP contribution in [0.5, 0.6) is 5.75 Å². The van der Waals surface area contributed by atoms with Gasteiger partial charge < -0.3 is 10.1 Å². The van der Waals surface area contributed by atoms with Crippen molar-refractivity contribution in [2.45, 2.75) is 17.3 Å². The van der Waals surface area contributed by atoms with Gasteiger partial charge in [0.1, 0.15) is 10.1 Å². The summed E-state index contributed by atoms with van der Waals surface area (Å²) in [6.45, 7) is 3.05. The summed E-state index contributed by atoms with van der Waals surface area (Å²) in [6, 6.07) is 8.45. The van der Waals surface area contributed by atoms with Crippen LogP contribution >= 0.6 is 23.1 Å². The van der Waals surface area contributed by atoms with Crippen LogP contribution < -0.4 is 10.1 Å². The Morgan fingerprint density at radius 1 is 1.42 bits per heavy atom. The average molecular weight is 294 g/mol. The van der Waals surface area contributed by atoms with Crippen LogP contribution in [0, 0.1) is 0 Å². The van der Waals surface area contributed by atoms with Gasteiger partial charge in [0.25, 0.3) is 0 Å². The van der Waals surface area contributed by atoms with E-state index in [1.807, 2.05) is 23.7 Å². The Balaban J connectivity index is 2.10. The predicted octanol–water partition coefficient (Wildman–Crippen LogP) is 3.59. The molecule has 1 heterocycles. The van der Waals surface area contributed by atoms with Gasteiger partial charge >= 0.3 is 0 Å². The molecule has 1 N–H and O–H groups in total. The maximum atomic E-state index is 5.45. The Bertz CT molecular complexity index is 488. The number of thiazole rings is 1. The molecule has 0 fully saturated rings. The van der Waals surface area contributed by atoms with Gasteiger partial charge in [-0.15, -0.1) is 11.3 Å². The lowest BCUT2D eigenvalue weighted by Crippen LogP contribution is -2.23. The van der Waals surface area contributed by atoms with E-state index in [0.717, 1.165) is 22.4 Å². The molecule has 1 unspecified atom stereocenters. The quantitative estimate of drug-likeness (QED) is 0.791. The maximum absolute atomic E-state index is 5.45. The number of aromatic nitrogens is 1. The fourth-order valence-corrected chi connectivity index (χ4v) is 3.64. The molecule has 2 rings (SSSR count). The van der Waals surface area contributed by atoms with E-state index in [1.54, 1.807) is 30.2 Å². The average Bonchev–Trinajstić information content (AvgIpc) is 2.96. The van der Waals surface area contributed by atoms with Crippen molar-refractivity contribution in [3.8, 4) is 5.75 Å². The molecule has 0 aliphatic carbocycles. The van der Waals surface area contributed by atoms with E-state index in [9.17, 15) is 0 Å². The number of para-hydroxylation sites is 1. The van der Waals surface area contributed by atoms with E-state index >= 15 is 0 Å². The van der Waals surface area contributed by atoms with Crippen LogP contribution in [0.4, 0.5) is 0 Å². The van der Waals surface area contributed by atoms with Gasteiger partial charge in [0.05, 0.1) is 7.11 Å². The van der Waals surface area contributed by atoms with Crippen molar-refractivity contribution in [3.63, 3.8) is 0 Å². The molecule has 102 valence electrons. The van der Waals surface area contributed by atoms with E-state index in [1.165, 1.54) is 5.56 Å². The lowest BCUT2D eigenvalue weighted by Gasteiger charge is -2.19. The number of nitrogens with zero attached hydrogens (tertiary/aromatic N) is 1. The first-order chi connectivity index (χ1) is 9.35. The van der Waals surface area contributed by atoms with Crippen LogP contribution in [-0.4, -0.2) is 24.4 Å². The first-order valence-electron chi connectivity index (χ1n) is 6.23. The summed E-state index contributed by atoms with van der Waals surface area (Å²) in [6.07, 6.45) is 1.85. The molecule has 0 amide bonds. The third kappa shape index (κ3) is 3.96. The molecular weight excluding hydrogens is 276 g/mol. The Morgan fingerprint density at radius 2 is 2.26 bits per heavy atom. The molecule has 0 aliphatic heterocycles. The zero-order chi connectivity index (χ0) is 13.5. The van der Waals surface area contributed by atoms with E-state index < -0.39 is 0 Å². The molecule has 0 saturated heterocycles. The molecule has 0 spiro atoms. The summed E-state index contributed by atoms with van der Waals surface area (Å²) in [5.41, 5.74) is 1.20. The number of rotatable bonds is 7. The third-order valence-corrected chi connectivity index (χ3v) is 4.81. The van der Waals surface area contributed by atoms with Crippen molar-refractivity contribution in [3.05, 3.63) is 41.4 Å². The summed E-state index contributed by atoms with van der Waals surface area (Å²) in [5, 5.41) is 5.52. The molecule has 5 heteroatoms. The van der Waals surface area contributed by atoms with E-state index in [4.69, 9.17) is 4.74 Å². The van der Waals surface area contributed by atoms with Crippen molar-refractivity contribution < 1.29 is 4.74 Å². The third-order valence-electron chi connectivity index (χ3n) is 2.75. The zero-order valence-electron chi connectivity index (χ0n) is 11.1. The second-order valence-electron chi connectivity index (χ2n) is 3.96. The minimum absolute atomic E-state index is 0.273. The summed E-state index contributed by atoms with van der Waals surface area (Å²) in [7, 11) is 1.72. The normalized spacial score (nSPS) is 12.3. The Morgan fingerprint density at radius 3 is 2.95 bits per heavy atom. The van der Waals surface area contributed by atoms with Gasteiger partial charge in [0.15, 0.2) is 0 Å². The smallest absolute Gasteiger partial charge is 0.149 e. The second-order valence-corrected chi connectivity index (χ2v) is 6.12. The van der Waals surface area contributed by atoms with E-state index in [-0.39, 0.29) is 6.04 Å². The highest BCUT2D eigenvalue weighted by Gasteiger charge is 2.15. The number of ether oxygens (including phenoxy) is 1. The number of hydrogen-bond acceptors (Lipinski definition) is 5. The molecule has 1 atom stereocenters. The van der Waals surface area contributed by atoms with Crippen molar-refractivity contribution >= 4 is 23.1 Å². The molecule has 3 nitrogen and oxygen atoms in total. The molecule has 0 saturated carbocycles. The van der Waals surface area contributed by atoms with Crippen LogP contribution in [0.15, 0.2) is 40.2 Å². The topological polar surface area (TPSA) is 34.2 Å². The number of hydrogen-bond donors (Lipinski definition) is 1. The Labute approximate surface area is 122 Å². The van der Waals surface area contributed by atoms with Gasteiger partial charge in [-0.2, -0.15) is 0 Å². The fraction of sp³-hybridized carbons (Fsp3) is 0.357.